The predicted molar refractivity (Wildman–Crippen MR) is 62.2 cm³/mol. The standard InChI is InChI=1S/C11H15NO2S/c1-14-11-6-4-10(5-7-11)12-15(13)8-2-3-9-15/h4-7H,2-3,8-9H2,1H3. The summed E-state index contributed by atoms with van der Waals surface area (Å²) < 4.78 is 21.5. The van der Waals surface area contributed by atoms with E-state index in [0.29, 0.717) is 0 Å². The molecule has 1 aromatic rings. The van der Waals surface area contributed by atoms with Crippen molar-refractivity contribution >= 4 is 15.4 Å². The van der Waals surface area contributed by atoms with Crippen LogP contribution in [0.5, 0.6) is 5.75 Å². The zero-order valence-corrected chi connectivity index (χ0v) is 9.63. The molecule has 3 nitrogen and oxygen atoms in total. The van der Waals surface area contributed by atoms with Gasteiger partial charge in [-0.2, -0.15) is 4.36 Å². The van der Waals surface area contributed by atoms with Gasteiger partial charge in [0.15, 0.2) is 0 Å². The second-order valence-electron chi connectivity index (χ2n) is 3.68. The van der Waals surface area contributed by atoms with Crippen molar-refractivity contribution in [3.63, 3.8) is 0 Å². The minimum atomic E-state index is -1.94. The molecule has 1 saturated heterocycles. The van der Waals surface area contributed by atoms with E-state index in [1.54, 1.807) is 7.11 Å². The van der Waals surface area contributed by atoms with Crippen LogP contribution in [-0.2, 0) is 9.73 Å². The summed E-state index contributed by atoms with van der Waals surface area (Å²) in [6.07, 6.45) is 2.08. The number of hydrogen-bond acceptors (Lipinski definition) is 3. The maximum absolute atomic E-state index is 12.1. The third kappa shape index (κ3) is 2.50. The maximum atomic E-state index is 12.1. The quantitative estimate of drug-likeness (QED) is 0.776. The first kappa shape index (κ1) is 10.5. The molecule has 4 heteroatoms. The highest BCUT2D eigenvalue weighted by atomic mass is 32.2. The Balaban J connectivity index is 2.27. The third-order valence-electron chi connectivity index (χ3n) is 2.52. The van der Waals surface area contributed by atoms with Gasteiger partial charge in [-0.3, -0.25) is 0 Å². The van der Waals surface area contributed by atoms with Crippen LogP contribution in [0, 0.1) is 0 Å². The second kappa shape index (κ2) is 4.23. The fraction of sp³-hybridized carbons (Fsp3) is 0.455. The van der Waals surface area contributed by atoms with Crippen molar-refractivity contribution in [2.24, 2.45) is 4.36 Å². The molecule has 0 atom stereocenters. The molecule has 0 radical (unpaired) electrons. The van der Waals surface area contributed by atoms with Crippen molar-refractivity contribution in [2.45, 2.75) is 12.8 Å². The fourth-order valence-corrected chi connectivity index (χ4v) is 3.89. The van der Waals surface area contributed by atoms with Gasteiger partial charge in [0.05, 0.1) is 22.5 Å². The molecule has 0 aliphatic carbocycles. The van der Waals surface area contributed by atoms with Crippen molar-refractivity contribution in [3.05, 3.63) is 24.3 Å². The molecular weight excluding hydrogens is 210 g/mol. The summed E-state index contributed by atoms with van der Waals surface area (Å²) in [5, 5.41) is 0. The van der Waals surface area contributed by atoms with E-state index < -0.39 is 9.73 Å². The Bertz CT molecular complexity index is 432. The Hall–Kier alpha value is -1.03. The Morgan fingerprint density at radius 3 is 2.33 bits per heavy atom. The van der Waals surface area contributed by atoms with E-state index in [1.165, 1.54) is 0 Å². The van der Waals surface area contributed by atoms with Gasteiger partial charge >= 0.3 is 0 Å². The summed E-state index contributed by atoms with van der Waals surface area (Å²) in [5.74, 6) is 2.30. The summed E-state index contributed by atoms with van der Waals surface area (Å²) >= 11 is 0. The van der Waals surface area contributed by atoms with Gasteiger partial charge < -0.3 is 4.74 Å². The highest BCUT2D eigenvalue weighted by Crippen LogP contribution is 2.22. The van der Waals surface area contributed by atoms with E-state index in [0.717, 1.165) is 35.8 Å². The predicted octanol–water partition coefficient (Wildman–Crippen LogP) is 2.59. The largest absolute Gasteiger partial charge is 0.497 e. The summed E-state index contributed by atoms with van der Waals surface area (Å²) in [7, 11) is -0.314. The molecule has 0 saturated carbocycles. The average Bonchev–Trinajstić information content (AvgIpc) is 2.66. The highest BCUT2D eigenvalue weighted by molar-refractivity contribution is 7.93. The molecule has 1 aliphatic rings. The zero-order chi connectivity index (χ0) is 10.7. The molecule has 1 fully saturated rings. The van der Waals surface area contributed by atoms with Crippen LogP contribution < -0.4 is 4.74 Å². The van der Waals surface area contributed by atoms with Crippen molar-refractivity contribution < 1.29 is 8.95 Å². The van der Waals surface area contributed by atoms with Crippen LogP contribution in [0.1, 0.15) is 12.8 Å². The van der Waals surface area contributed by atoms with E-state index >= 15 is 0 Å². The Morgan fingerprint density at radius 2 is 1.80 bits per heavy atom. The molecule has 0 N–H and O–H groups in total. The van der Waals surface area contributed by atoms with Crippen LogP contribution >= 0.6 is 0 Å². The van der Waals surface area contributed by atoms with E-state index in [2.05, 4.69) is 4.36 Å². The molecule has 1 aliphatic heterocycles. The van der Waals surface area contributed by atoms with Gasteiger partial charge in [0.1, 0.15) is 5.75 Å². The number of rotatable bonds is 2. The van der Waals surface area contributed by atoms with Crippen LogP contribution in [0.3, 0.4) is 0 Å². The van der Waals surface area contributed by atoms with Gasteiger partial charge in [-0.1, -0.05) is 0 Å². The Kier molecular flexibility index (Phi) is 2.95. The highest BCUT2D eigenvalue weighted by Gasteiger charge is 2.15. The average molecular weight is 225 g/mol. The van der Waals surface area contributed by atoms with Crippen LogP contribution in [0.25, 0.3) is 0 Å². The van der Waals surface area contributed by atoms with Crippen LogP contribution in [0.4, 0.5) is 5.69 Å². The monoisotopic (exact) mass is 225 g/mol. The van der Waals surface area contributed by atoms with E-state index in [4.69, 9.17) is 4.74 Å². The molecule has 0 aromatic heterocycles. The molecule has 1 aromatic carbocycles. The summed E-state index contributed by atoms with van der Waals surface area (Å²) in [5.41, 5.74) is 0.794. The first-order valence-electron chi connectivity index (χ1n) is 5.08. The van der Waals surface area contributed by atoms with Gasteiger partial charge in [-0.15, -0.1) is 0 Å². The van der Waals surface area contributed by atoms with E-state index in [1.807, 2.05) is 24.3 Å². The third-order valence-corrected chi connectivity index (χ3v) is 4.92. The normalized spacial score (nSPS) is 18.7. The second-order valence-corrected chi connectivity index (χ2v) is 6.22. The number of benzene rings is 1. The molecule has 0 bridgehead atoms. The van der Waals surface area contributed by atoms with Gasteiger partial charge in [0.25, 0.3) is 0 Å². The maximum Gasteiger partial charge on any atom is 0.119 e. The fourth-order valence-electron chi connectivity index (χ4n) is 1.68. The van der Waals surface area contributed by atoms with Crippen molar-refractivity contribution in [1.29, 1.82) is 0 Å². The minimum Gasteiger partial charge on any atom is -0.497 e. The molecule has 0 spiro atoms. The summed E-state index contributed by atoms with van der Waals surface area (Å²) in [4.78, 5) is 0. The summed E-state index contributed by atoms with van der Waals surface area (Å²) in [6, 6.07) is 7.39. The lowest BCUT2D eigenvalue weighted by molar-refractivity contribution is 0.415. The first-order chi connectivity index (χ1) is 7.22. The molecule has 0 amide bonds. The van der Waals surface area contributed by atoms with Crippen molar-refractivity contribution in [2.75, 3.05) is 18.6 Å². The Morgan fingerprint density at radius 1 is 1.20 bits per heavy atom. The molecular formula is C11H15NO2S. The molecule has 1 heterocycles. The number of nitrogens with zero attached hydrogens (tertiary/aromatic N) is 1. The lowest BCUT2D eigenvalue weighted by atomic mass is 10.3. The summed E-state index contributed by atoms with van der Waals surface area (Å²) in [6.45, 7) is 0. The van der Waals surface area contributed by atoms with Crippen LogP contribution in [0.2, 0.25) is 0 Å². The number of methoxy groups -OCH3 is 1. The van der Waals surface area contributed by atoms with Gasteiger partial charge in [-0.25, -0.2) is 4.21 Å². The molecule has 82 valence electrons. The van der Waals surface area contributed by atoms with Gasteiger partial charge in [0, 0.05) is 11.5 Å². The number of hydrogen-bond donors (Lipinski definition) is 0. The first-order valence-corrected chi connectivity index (χ1v) is 6.94. The SMILES string of the molecule is COc1ccc(N=S2(=O)CCCC2)cc1. The molecule has 2 rings (SSSR count). The topological polar surface area (TPSA) is 38.7 Å². The number of ether oxygens (including phenoxy) is 1. The van der Waals surface area contributed by atoms with E-state index in [-0.39, 0.29) is 0 Å². The van der Waals surface area contributed by atoms with E-state index in [9.17, 15) is 4.21 Å². The van der Waals surface area contributed by atoms with Crippen molar-refractivity contribution in [1.82, 2.24) is 0 Å². The molecule has 0 unspecified atom stereocenters. The minimum absolute atomic E-state index is 0.749. The zero-order valence-electron chi connectivity index (χ0n) is 8.81. The van der Waals surface area contributed by atoms with Gasteiger partial charge in [0.2, 0.25) is 0 Å². The van der Waals surface area contributed by atoms with Gasteiger partial charge in [-0.05, 0) is 37.1 Å². The van der Waals surface area contributed by atoms with Crippen LogP contribution in [0.15, 0.2) is 28.6 Å². The van der Waals surface area contributed by atoms with Crippen LogP contribution in [-0.4, -0.2) is 22.8 Å². The lowest BCUT2D eigenvalue weighted by Crippen LogP contribution is -1.99. The Labute approximate surface area is 90.6 Å². The lowest BCUT2D eigenvalue weighted by Gasteiger charge is -2.02. The van der Waals surface area contributed by atoms with Crippen molar-refractivity contribution in [3.8, 4) is 5.75 Å². The molecule has 15 heavy (non-hydrogen) atoms. The smallest absolute Gasteiger partial charge is 0.119 e.